The summed E-state index contributed by atoms with van der Waals surface area (Å²) in [5.74, 6) is -1.20. The molecule has 21 heavy (non-hydrogen) atoms. The van der Waals surface area contributed by atoms with E-state index in [1.807, 2.05) is 0 Å². The summed E-state index contributed by atoms with van der Waals surface area (Å²) in [5.41, 5.74) is 0.180. The summed E-state index contributed by atoms with van der Waals surface area (Å²) < 4.78 is 5.34. The second-order valence-corrected chi connectivity index (χ2v) is 5.41. The van der Waals surface area contributed by atoms with Crippen LogP contribution in [-0.2, 0) is 14.3 Å². The maximum Gasteiger partial charge on any atom is 0.330 e. The number of carbonyl (C=O) groups excluding carboxylic acids is 2. The smallest absolute Gasteiger partial charge is 0.330 e. The molecule has 9 heteroatoms. The minimum Gasteiger partial charge on any atom is -0.452 e. The molecule has 0 aliphatic heterocycles. The number of hydrogen-bond acceptors (Lipinski definition) is 5. The zero-order valence-electron chi connectivity index (χ0n) is 10.8. The largest absolute Gasteiger partial charge is 0.452 e. The van der Waals surface area contributed by atoms with Gasteiger partial charge in [0.15, 0.2) is 6.61 Å². The van der Waals surface area contributed by atoms with Crippen molar-refractivity contribution in [3.63, 3.8) is 0 Å². The highest BCUT2D eigenvalue weighted by atomic mass is 79.9. The number of esters is 1. The SMILES string of the molecule is C/C=C/C(=O)OCC(=O)Nc1c(Br)cc([N+](=O)[O-])cc1Br. The van der Waals surface area contributed by atoms with Crippen LogP contribution < -0.4 is 5.32 Å². The minimum atomic E-state index is -0.630. The average molecular weight is 422 g/mol. The third-order valence-corrected chi connectivity index (χ3v) is 3.40. The van der Waals surface area contributed by atoms with Gasteiger partial charge in [-0.15, -0.1) is 0 Å². The van der Waals surface area contributed by atoms with Gasteiger partial charge in [-0.25, -0.2) is 4.79 Å². The van der Waals surface area contributed by atoms with Gasteiger partial charge in [0.05, 0.1) is 10.6 Å². The van der Waals surface area contributed by atoms with E-state index in [-0.39, 0.29) is 5.69 Å². The van der Waals surface area contributed by atoms with Crippen LogP contribution >= 0.6 is 31.9 Å². The van der Waals surface area contributed by atoms with E-state index in [1.54, 1.807) is 6.92 Å². The highest BCUT2D eigenvalue weighted by molar-refractivity contribution is 9.11. The van der Waals surface area contributed by atoms with Gasteiger partial charge in [0, 0.05) is 27.2 Å². The molecule has 0 aliphatic carbocycles. The molecule has 0 radical (unpaired) electrons. The van der Waals surface area contributed by atoms with E-state index in [9.17, 15) is 19.7 Å². The van der Waals surface area contributed by atoms with Gasteiger partial charge in [0.1, 0.15) is 0 Å². The Morgan fingerprint density at radius 1 is 1.38 bits per heavy atom. The lowest BCUT2D eigenvalue weighted by atomic mass is 10.3. The van der Waals surface area contributed by atoms with Crippen LogP contribution in [0.15, 0.2) is 33.2 Å². The first kappa shape index (κ1) is 17.3. The van der Waals surface area contributed by atoms with Crippen LogP contribution in [0.2, 0.25) is 0 Å². The van der Waals surface area contributed by atoms with Crippen molar-refractivity contribution in [2.45, 2.75) is 6.92 Å². The molecule has 0 aliphatic rings. The van der Waals surface area contributed by atoms with Gasteiger partial charge in [-0.2, -0.15) is 0 Å². The average Bonchev–Trinajstić information content (AvgIpc) is 2.40. The summed E-state index contributed by atoms with van der Waals surface area (Å²) in [5, 5.41) is 13.2. The van der Waals surface area contributed by atoms with Crippen LogP contribution in [0, 0.1) is 10.1 Å². The number of rotatable bonds is 5. The molecular formula is C12H10Br2N2O5. The minimum absolute atomic E-state index is 0.133. The number of amides is 1. The fourth-order valence-corrected chi connectivity index (χ4v) is 2.64. The summed E-state index contributed by atoms with van der Waals surface area (Å²) in [6, 6.07) is 2.51. The molecule has 112 valence electrons. The van der Waals surface area contributed by atoms with Crippen molar-refractivity contribution in [2.75, 3.05) is 11.9 Å². The molecule has 0 unspecified atom stereocenters. The maximum absolute atomic E-state index is 11.7. The number of benzene rings is 1. The fourth-order valence-electron chi connectivity index (χ4n) is 1.28. The number of nitro groups is 1. The molecule has 1 N–H and O–H groups in total. The lowest BCUT2D eigenvalue weighted by molar-refractivity contribution is -0.385. The topological polar surface area (TPSA) is 98.5 Å². The van der Waals surface area contributed by atoms with E-state index in [0.29, 0.717) is 14.6 Å². The predicted octanol–water partition coefficient (Wildman–Crippen LogP) is 3.18. The van der Waals surface area contributed by atoms with Crippen LogP contribution in [0.4, 0.5) is 11.4 Å². The van der Waals surface area contributed by atoms with Gasteiger partial charge in [0.25, 0.3) is 11.6 Å². The first-order chi connectivity index (χ1) is 9.85. The Hall–Kier alpha value is -1.74. The summed E-state index contributed by atoms with van der Waals surface area (Å²) >= 11 is 6.26. The Labute approximate surface area is 136 Å². The molecule has 0 aromatic heterocycles. The number of non-ortho nitro benzene ring substituents is 1. The Morgan fingerprint density at radius 3 is 2.43 bits per heavy atom. The molecule has 7 nitrogen and oxygen atoms in total. The number of nitrogens with one attached hydrogen (secondary N) is 1. The second-order valence-electron chi connectivity index (χ2n) is 3.70. The molecule has 0 saturated carbocycles. The Bertz CT molecular complexity index is 593. The molecule has 1 aromatic carbocycles. The van der Waals surface area contributed by atoms with Crippen molar-refractivity contribution in [3.8, 4) is 0 Å². The Balaban J connectivity index is 2.77. The van der Waals surface area contributed by atoms with E-state index in [1.165, 1.54) is 24.3 Å². The molecule has 0 fully saturated rings. The lowest BCUT2D eigenvalue weighted by Gasteiger charge is -2.09. The molecule has 1 aromatic rings. The normalized spacial score (nSPS) is 10.4. The number of hydrogen-bond donors (Lipinski definition) is 1. The number of nitrogens with zero attached hydrogens (tertiary/aromatic N) is 1. The van der Waals surface area contributed by atoms with Crippen molar-refractivity contribution in [1.82, 2.24) is 0 Å². The highest BCUT2D eigenvalue weighted by Gasteiger charge is 2.16. The van der Waals surface area contributed by atoms with Crippen LogP contribution in [0.5, 0.6) is 0 Å². The zero-order chi connectivity index (χ0) is 16.0. The zero-order valence-corrected chi connectivity index (χ0v) is 13.9. The third-order valence-electron chi connectivity index (χ3n) is 2.15. The maximum atomic E-state index is 11.7. The standard InChI is InChI=1S/C12H10Br2N2O5/c1-2-3-11(18)21-6-10(17)15-12-8(13)4-7(16(19)20)5-9(12)14/h2-5H,6H2,1H3,(H,15,17)/b3-2+. The Morgan fingerprint density at radius 2 is 1.95 bits per heavy atom. The van der Waals surface area contributed by atoms with Gasteiger partial charge in [-0.1, -0.05) is 6.08 Å². The monoisotopic (exact) mass is 420 g/mol. The van der Waals surface area contributed by atoms with Gasteiger partial charge < -0.3 is 10.1 Å². The molecule has 0 atom stereocenters. The number of allylic oxidation sites excluding steroid dienone is 1. The number of anilines is 1. The van der Waals surface area contributed by atoms with Crippen molar-refractivity contribution < 1.29 is 19.2 Å². The fraction of sp³-hybridized carbons (Fsp3) is 0.167. The van der Waals surface area contributed by atoms with E-state index in [2.05, 4.69) is 41.9 Å². The van der Waals surface area contributed by atoms with Crippen LogP contribution in [0.3, 0.4) is 0 Å². The third kappa shape index (κ3) is 5.27. The van der Waals surface area contributed by atoms with E-state index in [0.717, 1.165) is 0 Å². The van der Waals surface area contributed by atoms with Crippen molar-refractivity contribution >= 4 is 55.1 Å². The van der Waals surface area contributed by atoms with Gasteiger partial charge in [0.2, 0.25) is 0 Å². The van der Waals surface area contributed by atoms with Crippen molar-refractivity contribution in [2.24, 2.45) is 0 Å². The Kier molecular flexibility index (Phi) is 6.50. The molecule has 0 spiro atoms. The summed E-state index contributed by atoms with van der Waals surface area (Å²) in [4.78, 5) is 32.9. The molecule has 0 heterocycles. The van der Waals surface area contributed by atoms with Crippen LogP contribution in [-0.4, -0.2) is 23.4 Å². The molecule has 0 saturated heterocycles. The summed E-state index contributed by atoms with van der Waals surface area (Å²) in [6.45, 7) is 1.19. The number of nitro benzene ring substituents is 1. The summed E-state index contributed by atoms with van der Waals surface area (Å²) in [6.07, 6.45) is 2.68. The summed E-state index contributed by atoms with van der Waals surface area (Å²) in [7, 11) is 0. The first-order valence-electron chi connectivity index (χ1n) is 5.58. The number of halogens is 2. The molecule has 1 rings (SSSR count). The van der Waals surface area contributed by atoms with Gasteiger partial charge >= 0.3 is 5.97 Å². The van der Waals surface area contributed by atoms with Gasteiger partial charge in [-0.05, 0) is 38.8 Å². The molecule has 0 bridgehead atoms. The van der Waals surface area contributed by atoms with Crippen molar-refractivity contribution in [3.05, 3.63) is 43.3 Å². The highest BCUT2D eigenvalue weighted by Crippen LogP contribution is 2.35. The van der Waals surface area contributed by atoms with E-state index >= 15 is 0 Å². The van der Waals surface area contributed by atoms with Crippen LogP contribution in [0.25, 0.3) is 0 Å². The predicted molar refractivity (Wildman–Crippen MR) is 82.9 cm³/mol. The van der Waals surface area contributed by atoms with Gasteiger partial charge in [-0.3, -0.25) is 14.9 Å². The second kappa shape index (κ2) is 7.89. The van der Waals surface area contributed by atoms with E-state index in [4.69, 9.17) is 0 Å². The number of carbonyl (C=O) groups is 2. The van der Waals surface area contributed by atoms with Crippen LogP contribution in [0.1, 0.15) is 6.92 Å². The lowest BCUT2D eigenvalue weighted by Crippen LogP contribution is -2.20. The first-order valence-corrected chi connectivity index (χ1v) is 7.16. The molecular weight excluding hydrogens is 412 g/mol. The molecule has 1 amide bonds. The quantitative estimate of drug-likeness (QED) is 0.340. The van der Waals surface area contributed by atoms with E-state index < -0.39 is 23.4 Å². The number of ether oxygens (including phenoxy) is 1. The van der Waals surface area contributed by atoms with Crippen molar-refractivity contribution in [1.29, 1.82) is 0 Å².